The molecule has 0 saturated carbocycles. The molecule has 0 aliphatic heterocycles. The molecular formula is C6H8ClN3O. The highest BCUT2D eigenvalue weighted by Gasteiger charge is 1.75. The molecule has 0 aliphatic carbocycles. The molecule has 0 bridgehead atoms. The van der Waals surface area contributed by atoms with Gasteiger partial charge in [-0.05, 0) is 12.1 Å². The fourth-order valence-corrected chi connectivity index (χ4v) is 0.313. The zero-order chi connectivity index (χ0) is 8.53. The number of nitrogens with two attached hydrogens (primary N) is 1. The van der Waals surface area contributed by atoms with Gasteiger partial charge in [-0.25, -0.2) is 4.79 Å². The van der Waals surface area contributed by atoms with E-state index in [1.165, 1.54) is 0 Å². The molecule has 1 rings (SSSR count). The van der Waals surface area contributed by atoms with E-state index >= 15 is 0 Å². The van der Waals surface area contributed by atoms with E-state index in [2.05, 4.69) is 22.5 Å². The van der Waals surface area contributed by atoms with Gasteiger partial charge in [0.25, 0.3) is 0 Å². The van der Waals surface area contributed by atoms with Crippen molar-refractivity contribution >= 4 is 17.8 Å². The van der Waals surface area contributed by atoms with Gasteiger partial charge in [0.15, 0.2) is 0 Å². The van der Waals surface area contributed by atoms with Gasteiger partial charge in [-0.3, -0.25) is 9.82 Å². The second-order valence-electron chi connectivity index (χ2n) is 1.48. The van der Waals surface area contributed by atoms with Crippen LogP contribution in [0.2, 0.25) is 0 Å². The van der Waals surface area contributed by atoms with Crippen LogP contribution in [0, 0.1) is 0 Å². The Bertz CT molecular complexity index is 166. The number of primary amides is 1. The van der Waals surface area contributed by atoms with Crippen LogP contribution in [0.1, 0.15) is 0 Å². The fourth-order valence-electron chi connectivity index (χ4n) is 0.313. The van der Waals surface area contributed by atoms with Crippen molar-refractivity contribution in [2.75, 3.05) is 0 Å². The largest absolute Gasteiger partial charge is 0.351 e. The first-order chi connectivity index (χ1) is 5.27. The van der Waals surface area contributed by atoms with Crippen molar-refractivity contribution in [2.45, 2.75) is 0 Å². The lowest BCUT2D eigenvalue weighted by Gasteiger charge is -1.76. The van der Waals surface area contributed by atoms with Gasteiger partial charge in [0.05, 0.1) is 0 Å². The lowest BCUT2D eigenvalue weighted by atomic mass is 10.5. The predicted molar refractivity (Wildman–Crippen MR) is 42.8 cm³/mol. The van der Waals surface area contributed by atoms with Crippen LogP contribution in [-0.4, -0.2) is 11.0 Å². The van der Waals surface area contributed by atoms with Crippen LogP contribution in [-0.2, 0) is 0 Å². The molecule has 3 N–H and O–H groups in total. The third-order valence-electron chi connectivity index (χ3n) is 0.660. The van der Waals surface area contributed by atoms with Crippen molar-refractivity contribution in [1.29, 1.82) is 0 Å². The molecule has 4 nitrogen and oxygen atoms in total. The van der Waals surface area contributed by atoms with Gasteiger partial charge in [-0.15, -0.1) is 0 Å². The van der Waals surface area contributed by atoms with Crippen molar-refractivity contribution < 1.29 is 4.79 Å². The first-order valence-electron chi connectivity index (χ1n) is 2.78. The van der Waals surface area contributed by atoms with Gasteiger partial charge < -0.3 is 5.73 Å². The van der Waals surface area contributed by atoms with Crippen LogP contribution in [0.15, 0.2) is 30.6 Å². The van der Waals surface area contributed by atoms with E-state index in [0.29, 0.717) is 0 Å². The summed E-state index contributed by atoms with van der Waals surface area (Å²) in [4.78, 5) is 14.8. The van der Waals surface area contributed by atoms with Gasteiger partial charge in [0, 0.05) is 24.2 Å². The summed E-state index contributed by atoms with van der Waals surface area (Å²) in [5.74, 6) is 0. The van der Waals surface area contributed by atoms with Crippen molar-refractivity contribution in [1.82, 2.24) is 9.82 Å². The minimum absolute atomic E-state index is 0.730. The van der Waals surface area contributed by atoms with E-state index in [0.717, 1.165) is 0 Å². The third-order valence-corrected chi connectivity index (χ3v) is 0.846. The van der Waals surface area contributed by atoms with Crippen molar-refractivity contribution in [3.05, 3.63) is 30.6 Å². The average Bonchev–Trinajstić information content (AvgIpc) is 2.09. The summed E-state index contributed by atoms with van der Waals surface area (Å²) in [7, 11) is 0. The molecule has 0 spiro atoms. The molecule has 2 amide bonds. The Morgan fingerprint density at radius 3 is 1.91 bits per heavy atom. The van der Waals surface area contributed by atoms with E-state index < -0.39 is 6.03 Å². The lowest BCUT2D eigenvalue weighted by molar-refractivity contribution is 0.254. The fraction of sp³-hybridized carbons (Fsp3) is 0. The second-order valence-corrected chi connectivity index (χ2v) is 1.67. The second kappa shape index (κ2) is 6.82. The van der Waals surface area contributed by atoms with E-state index in [-0.39, 0.29) is 0 Å². The van der Waals surface area contributed by atoms with Crippen LogP contribution in [0.3, 0.4) is 0 Å². The normalized spacial score (nSPS) is 7.36. The number of amides is 2. The maximum Gasteiger partial charge on any atom is 0.326 e. The van der Waals surface area contributed by atoms with E-state index in [1.807, 2.05) is 18.2 Å². The Balaban J connectivity index is 0.000000187. The van der Waals surface area contributed by atoms with Gasteiger partial charge in [0.1, 0.15) is 0 Å². The number of rotatable bonds is 0. The Hall–Kier alpha value is -1.29. The van der Waals surface area contributed by atoms with Gasteiger partial charge in [-0.2, -0.15) is 0 Å². The van der Waals surface area contributed by atoms with Crippen LogP contribution >= 0.6 is 11.8 Å². The zero-order valence-corrected chi connectivity index (χ0v) is 6.45. The Labute approximate surface area is 69.5 Å². The standard InChI is InChI=1S/C5H5N.CH3ClN2O/c1-2-4-6-5-3-1;2-4-1(3)5/h1-5H;(H3,3,4,5). The summed E-state index contributed by atoms with van der Waals surface area (Å²) in [6, 6.07) is 4.99. The minimum Gasteiger partial charge on any atom is -0.351 e. The summed E-state index contributed by atoms with van der Waals surface area (Å²) in [6.45, 7) is 0. The lowest BCUT2D eigenvalue weighted by Crippen LogP contribution is -2.19. The number of carbonyl (C=O) groups excluding carboxylic acids is 1. The first kappa shape index (κ1) is 9.71. The van der Waals surface area contributed by atoms with Crippen LogP contribution in [0.5, 0.6) is 0 Å². The number of urea groups is 1. The first-order valence-corrected chi connectivity index (χ1v) is 3.16. The Morgan fingerprint density at radius 2 is 1.82 bits per heavy atom. The van der Waals surface area contributed by atoms with E-state index in [1.54, 1.807) is 17.2 Å². The van der Waals surface area contributed by atoms with Crippen molar-refractivity contribution in [3.63, 3.8) is 0 Å². The summed E-state index contributed by atoms with van der Waals surface area (Å²) in [6.07, 6.45) is 3.50. The molecule has 1 aromatic heterocycles. The predicted octanol–water partition coefficient (Wildman–Crippen LogP) is 0.890. The molecule has 5 heteroatoms. The summed E-state index contributed by atoms with van der Waals surface area (Å²) < 4.78 is 0. The van der Waals surface area contributed by atoms with Gasteiger partial charge in [0.2, 0.25) is 0 Å². The summed E-state index contributed by atoms with van der Waals surface area (Å²) >= 11 is 4.61. The molecule has 0 unspecified atom stereocenters. The highest BCUT2D eigenvalue weighted by molar-refractivity contribution is 6.20. The molecule has 11 heavy (non-hydrogen) atoms. The molecule has 0 saturated heterocycles. The monoisotopic (exact) mass is 173 g/mol. The van der Waals surface area contributed by atoms with Crippen molar-refractivity contribution in [3.8, 4) is 0 Å². The average molecular weight is 174 g/mol. The number of pyridine rings is 1. The van der Waals surface area contributed by atoms with Crippen LogP contribution in [0.4, 0.5) is 4.79 Å². The summed E-state index contributed by atoms with van der Waals surface area (Å²) in [5.41, 5.74) is 4.41. The molecule has 60 valence electrons. The molecule has 1 heterocycles. The smallest absolute Gasteiger partial charge is 0.326 e. The van der Waals surface area contributed by atoms with E-state index in [9.17, 15) is 4.79 Å². The van der Waals surface area contributed by atoms with Crippen LogP contribution < -0.4 is 10.6 Å². The van der Waals surface area contributed by atoms with Crippen LogP contribution in [0.25, 0.3) is 0 Å². The Morgan fingerprint density at radius 1 is 1.36 bits per heavy atom. The van der Waals surface area contributed by atoms with Crippen molar-refractivity contribution in [2.24, 2.45) is 5.73 Å². The quantitative estimate of drug-likeness (QED) is 0.572. The molecule has 1 aromatic rings. The molecule has 0 aliphatic rings. The number of aromatic nitrogens is 1. The molecule has 0 atom stereocenters. The Kier molecular flexibility index (Phi) is 6.02. The third kappa shape index (κ3) is 8.71. The zero-order valence-electron chi connectivity index (χ0n) is 5.70. The highest BCUT2D eigenvalue weighted by Crippen LogP contribution is 1.73. The number of hydrogen-bond acceptors (Lipinski definition) is 2. The maximum absolute atomic E-state index is 9.35. The van der Waals surface area contributed by atoms with Gasteiger partial charge in [-0.1, -0.05) is 6.07 Å². The molecule has 0 radical (unpaired) electrons. The topological polar surface area (TPSA) is 68.0 Å². The molecule has 0 fully saturated rings. The maximum atomic E-state index is 9.35. The minimum atomic E-state index is -0.730. The molecule has 0 aromatic carbocycles. The van der Waals surface area contributed by atoms with Gasteiger partial charge >= 0.3 is 6.03 Å². The number of halogens is 1. The number of nitrogens with one attached hydrogen (secondary N) is 1. The summed E-state index contributed by atoms with van der Waals surface area (Å²) in [5, 5.41) is 0. The highest BCUT2D eigenvalue weighted by atomic mass is 35.5. The molecular weight excluding hydrogens is 166 g/mol. The van der Waals surface area contributed by atoms with E-state index in [4.69, 9.17) is 0 Å². The SMILES string of the molecule is NC(=O)NCl.c1ccncc1. The number of nitrogens with zero attached hydrogens (tertiary/aromatic N) is 1. The number of carbonyl (C=O) groups is 1. The number of hydrogen-bond donors (Lipinski definition) is 2.